The highest BCUT2D eigenvalue weighted by Gasteiger charge is 2.01. The Kier molecular flexibility index (Phi) is 5.08. The van der Waals surface area contributed by atoms with Gasteiger partial charge in [0.1, 0.15) is 12.1 Å². The summed E-state index contributed by atoms with van der Waals surface area (Å²) in [5.74, 6) is 1.41. The average Bonchev–Trinajstić information content (AvgIpc) is 2.25. The standard InChI is InChI=1S/C12H21N3/c1-4-5-6-7-13-12-8-11(10(2)3)14-9-15-12/h8-10H,4-7H2,1-3H3,(H,13,14,15). The highest BCUT2D eigenvalue weighted by atomic mass is 15.0. The molecule has 0 aliphatic carbocycles. The van der Waals surface area contributed by atoms with Gasteiger partial charge in [-0.15, -0.1) is 0 Å². The van der Waals surface area contributed by atoms with Gasteiger partial charge in [0.05, 0.1) is 0 Å². The number of nitrogens with zero attached hydrogens (tertiary/aromatic N) is 2. The third-order valence-electron chi connectivity index (χ3n) is 2.37. The molecule has 0 saturated heterocycles. The quantitative estimate of drug-likeness (QED) is 0.728. The SMILES string of the molecule is CCCCCNc1cc(C(C)C)ncn1. The summed E-state index contributed by atoms with van der Waals surface area (Å²) in [4.78, 5) is 8.43. The predicted octanol–water partition coefficient (Wildman–Crippen LogP) is 3.20. The summed E-state index contributed by atoms with van der Waals surface area (Å²) in [6, 6.07) is 2.04. The molecule has 84 valence electrons. The third-order valence-corrected chi connectivity index (χ3v) is 2.37. The van der Waals surface area contributed by atoms with Gasteiger partial charge in [0.2, 0.25) is 0 Å². The summed E-state index contributed by atoms with van der Waals surface area (Å²) in [5.41, 5.74) is 1.10. The average molecular weight is 207 g/mol. The molecule has 1 rings (SSSR count). The first-order valence-corrected chi connectivity index (χ1v) is 5.79. The summed E-state index contributed by atoms with van der Waals surface area (Å²) in [6.07, 6.45) is 5.37. The van der Waals surface area contributed by atoms with Crippen LogP contribution in [0, 0.1) is 0 Å². The van der Waals surface area contributed by atoms with Crippen molar-refractivity contribution < 1.29 is 0 Å². The van der Waals surface area contributed by atoms with Crippen molar-refractivity contribution in [3.63, 3.8) is 0 Å². The lowest BCUT2D eigenvalue weighted by atomic mass is 10.1. The van der Waals surface area contributed by atoms with Crippen molar-refractivity contribution in [2.45, 2.75) is 46.0 Å². The van der Waals surface area contributed by atoms with Crippen LogP contribution in [-0.2, 0) is 0 Å². The maximum Gasteiger partial charge on any atom is 0.129 e. The zero-order valence-electron chi connectivity index (χ0n) is 9.95. The molecule has 0 unspecified atom stereocenters. The molecule has 1 aromatic rings. The van der Waals surface area contributed by atoms with Crippen LogP contribution >= 0.6 is 0 Å². The lowest BCUT2D eigenvalue weighted by Crippen LogP contribution is -2.05. The van der Waals surface area contributed by atoms with Crippen molar-refractivity contribution in [2.24, 2.45) is 0 Å². The van der Waals surface area contributed by atoms with E-state index in [1.165, 1.54) is 19.3 Å². The zero-order chi connectivity index (χ0) is 11.1. The van der Waals surface area contributed by atoms with Gasteiger partial charge in [-0.05, 0) is 12.3 Å². The maximum absolute atomic E-state index is 4.23. The lowest BCUT2D eigenvalue weighted by molar-refractivity contribution is 0.741. The van der Waals surface area contributed by atoms with E-state index in [0.29, 0.717) is 5.92 Å². The number of unbranched alkanes of at least 4 members (excludes halogenated alkanes) is 2. The van der Waals surface area contributed by atoms with Crippen LogP contribution in [0.5, 0.6) is 0 Å². The van der Waals surface area contributed by atoms with Gasteiger partial charge in [-0.1, -0.05) is 33.6 Å². The monoisotopic (exact) mass is 207 g/mol. The van der Waals surface area contributed by atoms with Crippen LogP contribution in [0.1, 0.15) is 51.6 Å². The van der Waals surface area contributed by atoms with Gasteiger partial charge in [0, 0.05) is 18.3 Å². The van der Waals surface area contributed by atoms with E-state index >= 15 is 0 Å². The number of aromatic nitrogens is 2. The Hall–Kier alpha value is -1.12. The molecular formula is C12H21N3. The molecule has 0 atom stereocenters. The van der Waals surface area contributed by atoms with Crippen molar-refractivity contribution in [1.29, 1.82) is 0 Å². The molecule has 0 aromatic carbocycles. The Morgan fingerprint density at radius 1 is 1.27 bits per heavy atom. The summed E-state index contributed by atoms with van der Waals surface area (Å²) < 4.78 is 0. The second-order valence-corrected chi connectivity index (χ2v) is 4.12. The summed E-state index contributed by atoms with van der Waals surface area (Å²) in [6.45, 7) is 7.50. The molecular weight excluding hydrogens is 186 g/mol. The van der Waals surface area contributed by atoms with Crippen molar-refractivity contribution in [3.8, 4) is 0 Å². The number of hydrogen-bond acceptors (Lipinski definition) is 3. The van der Waals surface area contributed by atoms with Gasteiger partial charge in [-0.3, -0.25) is 0 Å². The number of rotatable bonds is 6. The molecule has 0 aliphatic heterocycles. The Labute approximate surface area is 92.3 Å². The van der Waals surface area contributed by atoms with E-state index in [1.807, 2.05) is 6.07 Å². The molecule has 0 radical (unpaired) electrons. The number of hydrogen-bond donors (Lipinski definition) is 1. The summed E-state index contributed by atoms with van der Waals surface area (Å²) >= 11 is 0. The van der Waals surface area contributed by atoms with E-state index in [-0.39, 0.29) is 0 Å². The Balaban J connectivity index is 2.43. The van der Waals surface area contributed by atoms with Crippen LogP contribution < -0.4 is 5.32 Å². The zero-order valence-corrected chi connectivity index (χ0v) is 9.95. The van der Waals surface area contributed by atoms with Gasteiger partial charge in [-0.2, -0.15) is 0 Å². The third kappa shape index (κ3) is 4.28. The van der Waals surface area contributed by atoms with Gasteiger partial charge >= 0.3 is 0 Å². The molecule has 0 saturated carbocycles. The molecule has 1 heterocycles. The second kappa shape index (κ2) is 6.38. The summed E-state index contributed by atoms with van der Waals surface area (Å²) in [7, 11) is 0. The van der Waals surface area contributed by atoms with Crippen LogP contribution in [0.15, 0.2) is 12.4 Å². The molecule has 0 bridgehead atoms. The van der Waals surface area contributed by atoms with E-state index in [2.05, 4.69) is 36.1 Å². The first-order valence-electron chi connectivity index (χ1n) is 5.79. The predicted molar refractivity (Wildman–Crippen MR) is 64.1 cm³/mol. The molecule has 3 heteroatoms. The number of nitrogens with one attached hydrogen (secondary N) is 1. The van der Waals surface area contributed by atoms with E-state index in [0.717, 1.165) is 18.1 Å². The first-order chi connectivity index (χ1) is 7.24. The largest absolute Gasteiger partial charge is 0.370 e. The van der Waals surface area contributed by atoms with Crippen molar-refractivity contribution in [3.05, 3.63) is 18.1 Å². The smallest absolute Gasteiger partial charge is 0.129 e. The molecule has 1 N–H and O–H groups in total. The van der Waals surface area contributed by atoms with E-state index < -0.39 is 0 Å². The minimum absolute atomic E-state index is 0.462. The van der Waals surface area contributed by atoms with Crippen LogP contribution in [0.3, 0.4) is 0 Å². The van der Waals surface area contributed by atoms with E-state index in [1.54, 1.807) is 6.33 Å². The fourth-order valence-electron chi connectivity index (χ4n) is 1.38. The molecule has 0 amide bonds. The molecule has 0 fully saturated rings. The van der Waals surface area contributed by atoms with Crippen LogP contribution in [0.2, 0.25) is 0 Å². The van der Waals surface area contributed by atoms with Crippen LogP contribution in [0.4, 0.5) is 5.82 Å². The fourth-order valence-corrected chi connectivity index (χ4v) is 1.38. The lowest BCUT2D eigenvalue weighted by Gasteiger charge is -2.08. The highest BCUT2D eigenvalue weighted by Crippen LogP contribution is 2.13. The Morgan fingerprint density at radius 2 is 2.07 bits per heavy atom. The molecule has 15 heavy (non-hydrogen) atoms. The van der Waals surface area contributed by atoms with Crippen LogP contribution in [0.25, 0.3) is 0 Å². The first kappa shape index (κ1) is 12.0. The van der Waals surface area contributed by atoms with Crippen LogP contribution in [-0.4, -0.2) is 16.5 Å². The maximum atomic E-state index is 4.23. The Morgan fingerprint density at radius 3 is 2.73 bits per heavy atom. The van der Waals surface area contributed by atoms with Gasteiger partial charge in [0.15, 0.2) is 0 Å². The van der Waals surface area contributed by atoms with E-state index in [4.69, 9.17) is 0 Å². The van der Waals surface area contributed by atoms with Crippen molar-refractivity contribution in [2.75, 3.05) is 11.9 Å². The minimum atomic E-state index is 0.462. The Bertz CT molecular complexity index is 284. The fraction of sp³-hybridized carbons (Fsp3) is 0.667. The molecule has 0 aliphatic rings. The molecule has 0 spiro atoms. The van der Waals surface area contributed by atoms with Gasteiger partial charge in [-0.25, -0.2) is 9.97 Å². The summed E-state index contributed by atoms with van der Waals surface area (Å²) in [5, 5.41) is 3.32. The normalized spacial score (nSPS) is 10.7. The van der Waals surface area contributed by atoms with Gasteiger partial charge in [0.25, 0.3) is 0 Å². The number of anilines is 1. The minimum Gasteiger partial charge on any atom is -0.370 e. The van der Waals surface area contributed by atoms with Gasteiger partial charge < -0.3 is 5.32 Å². The topological polar surface area (TPSA) is 37.8 Å². The van der Waals surface area contributed by atoms with E-state index in [9.17, 15) is 0 Å². The molecule has 1 aromatic heterocycles. The highest BCUT2D eigenvalue weighted by molar-refractivity contribution is 5.35. The molecule has 3 nitrogen and oxygen atoms in total. The van der Waals surface area contributed by atoms with Crippen molar-refractivity contribution >= 4 is 5.82 Å². The second-order valence-electron chi connectivity index (χ2n) is 4.12. The van der Waals surface area contributed by atoms with Crippen molar-refractivity contribution in [1.82, 2.24) is 9.97 Å².